The molecule has 0 radical (unpaired) electrons. The van der Waals surface area contributed by atoms with Crippen molar-refractivity contribution in [2.75, 3.05) is 20.1 Å². The molecule has 1 aliphatic rings. The Hall–Kier alpha value is -0.450. The predicted molar refractivity (Wildman–Crippen MR) is 63.9 cm³/mol. The molecular formula is C11H19N3S. The molecule has 3 nitrogen and oxygen atoms in total. The number of thiazole rings is 1. The van der Waals surface area contributed by atoms with E-state index in [9.17, 15) is 0 Å². The predicted octanol–water partition coefficient (Wildman–Crippen LogP) is 1.49. The van der Waals surface area contributed by atoms with Crippen LogP contribution in [0.3, 0.4) is 0 Å². The molecule has 4 heteroatoms. The van der Waals surface area contributed by atoms with Gasteiger partial charge in [-0.2, -0.15) is 0 Å². The summed E-state index contributed by atoms with van der Waals surface area (Å²) < 4.78 is 0. The minimum Gasteiger partial charge on any atom is -0.330 e. The number of hydrogen-bond acceptors (Lipinski definition) is 4. The SMILES string of the molecule is CN(Cc1csc(CCN)n1)CC1CC1. The third kappa shape index (κ3) is 3.55. The molecule has 0 saturated heterocycles. The Bertz CT molecular complexity index is 307. The van der Waals surface area contributed by atoms with Gasteiger partial charge in [-0.05, 0) is 32.4 Å². The Kier molecular flexibility index (Phi) is 3.72. The zero-order valence-corrected chi connectivity index (χ0v) is 10.1. The van der Waals surface area contributed by atoms with Gasteiger partial charge in [0.2, 0.25) is 0 Å². The molecule has 1 aliphatic carbocycles. The summed E-state index contributed by atoms with van der Waals surface area (Å²) in [6, 6.07) is 0. The lowest BCUT2D eigenvalue weighted by Gasteiger charge is -2.13. The van der Waals surface area contributed by atoms with Crippen molar-refractivity contribution in [2.45, 2.75) is 25.8 Å². The highest BCUT2D eigenvalue weighted by molar-refractivity contribution is 7.09. The minimum absolute atomic E-state index is 0.699. The second-order valence-corrected chi connectivity index (χ2v) is 5.35. The van der Waals surface area contributed by atoms with Gasteiger partial charge < -0.3 is 10.6 Å². The van der Waals surface area contributed by atoms with E-state index in [2.05, 4.69) is 22.3 Å². The second kappa shape index (κ2) is 5.05. The lowest BCUT2D eigenvalue weighted by Crippen LogP contribution is -2.20. The van der Waals surface area contributed by atoms with Gasteiger partial charge in [0.25, 0.3) is 0 Å². The van der Waals surface area contributed by atoms with Crippen LogP contribution < -0.4 is 5.73 Å². The number of nitrogens with zero attached hydrogens (tertiary/aromatic N) is 2. The van der Waals surface area contributed by atoms with Crippen LogP contribution in [0, 0.1) is 5.92 Å². The van der Waals surface area contributed by atoms with Crippen molar-refractivity contribution in [3.63, 3.8) is 0 Å². The van der Waals surface area contributed by atoms with E-state index in [1.165, 1.54) is 30.1 Å². The number of hydrogen-bond donors (Lipinski definition) is 1. The quantitative estimate of drug-likeness (QED) is 0.797. The third-order valence-corrected chi connectivity index (χ3v) is 3.61. The zero-order valence-electron chi connectivity index (χ0n) is 9.28. The molecule has 0 atom stereocenters. The molecule has 2 N–H and O–H groups in total. The maximum Gasteiger partial charge on any atom is 0.0941 e. The molecule has 0 aromatic carbocycles. The smallest absolute Gasteiger partial charge is 0.0941 e. The van der Waals surface area contributed by atoms with Crippen LogP contribution in [-0.2, 0) is 13.0 Å². The first-order valence-electron chi connectivity index (χ1n) is 5.60. The molecule has 1 fully saturated rings. The van der Waals surface area contributed by atoms with Crippen molar-refractivity contribution in [3.8, 4) is 0 Å². The Morgan fingerprint density at radius 1 is 1.60 bits per heavy atom. The summed E-state index contributed by atoms with van der Waals surface area (Å²) in [5.41, 5.74) is 6.70. The Balaban J connectivity index is 1.80. The average Bonchev–Trinajstić information content (AvgIpc) is 2.88. The first-order valence-corrected chi connectivity index (χ1v) is 6.48. The fourth-order valence-corrected chi connectivity index (χ4v) is 2.55. The Morgan fingerprint density at radius 3 is 3.07 bits per heavy atom. The molecule has 1 aromatic heterocycles. The van der Waals surface area contributed by atoms with E-state index in [0.29, 0.717) is 6.54 Å². The maximum atomic E-state index is 5.50. The van der Waals surface area contributed by atoms with Crippen LogP contribution in [0.4, 0.5) is 0 Å². The van der Waals surface area contributed by atoms with Crippen molar-refractivity contribution in [3.05, 3.63) is 16.1 Å². The van der Waals surface area contributed by atoms with E-state index >= 15 is 0 Å². The van der Waals surface area contributed by atoms with Gasteiger partial charge >= 0.3 is 0 Å². The van der Waals surface area contributed by atoms with E-state index in [0.717, 1.165) is 18.9 Å². The summed E-state index contributed by atoms with van der Waals surface area (Å²) in [5.74, 6) is 0.956. The molecule has 84 valence electrons. The fourth-order valence-electron chi connectivity index (χ4n) is 1.74. The molecule has 15 heavy (non-hydrogen) atoms. The molecule has 1 heterocycles. The first-order chi connectivity index (χ1) is 7.28. The summed E-state index contributed by atoms with van der Waals surface area (Å²) in [6.45, 7) is 2.91. The monoisotopic (exact) mass is 225 g/mol. The van der Waals surface area contributed by atoms with Gasteiger partial charge in [0.1, 0.15) is 0 Å². The lowest BCUT2D eigenvalue weighted by atomic mass is 10.3. The summed E-state index contributed by atoms with van der Waals surface area (Å²) in [4.78, 5) is 6.94. The maximum absolute atomic E-state index is 5.50. The van der Waals surface area contributed by atoms with Gasteiger partial charge in [-0.25, -0.2) is 4.98 Å². The van der Waals surface area contributed by atoms with Gasteiger partial charge in [-0.1, -0.05) is 0 Å². The average molecular weight is 225 g/mol. The molecule has 0 spiro atoms. The zero-order chi connectivity index (χ0) is 10.7. The summed E-state index contributed by atoms with van der Waals surface area (Å²) >= 11 is 1.73. The second-order valence-electron chi connectivity index (χ2n) is 4.41. The van der Waals surface area contributed by atoms with Crippen molar-refractivity contribution < 1.29 is 0 Å². The van der Waals surface area contributed by atoms with Gasteiger partial charge in [0.05, 0.1) is 10.7 Å². The van der Waals surface area contributed by atoms with Gasteiger partial charge in [-0.3, -0.25) is 0 Å². The van der Waals surface area contributed by atoms with Gasteiger partial charge in [0.15, 0.2) is 0 Å². The highest BCUT2D eigenvalue weighted by Gasteiger charge is 2.22. The molecule has 0 aliphatic heterocycles. The van der Waals surface area contributed by atoms with Crippen molar-refractivity contribution in [1.82, 2.24) is 9.88 Å². The van der Waals surface area contributed by atoms with Gasteiger partial charge in [0, 0.05) is 24.9 Å². The van der Waals surface area contributed by atoms with Gasteiger partial charge in [-0.15, -0.1) is 11.3 Å². The van der Waals surface area contributed by atoms with E-state index in [-0.39, 0.29) is 0 Å². The summed E-state index contributed by atoms with van der Waals surface area (Å²) in [5, 5.41) is 3.33. The lowest BCUT2D eigenvalue weighted by molar-refractivity contribution is 0.310. The number of rotatable bonds is 6. The molecule has 1 aromatic rings. The standard InChI is InChI=1S/C11H19N3S/c1-14(6-9-2-3-9)7-10-8-15-11(13-10)4-5-12/h8-9H,2-7,12H2,1H3. The Morgan fingerprint density at radius 2 is 2.40 bits per heavy atom. The van der Waals surface area contributed by atoms with Crippen LogP contribution in [0.25, 0.3) is 0 Å². The van der Waals surface area contributed by atoms with E-state index < -0.39 is 0 Å². The fraction of sp³-hybridized carbons (Fsp3) is 0.727. The van der Waals surface area contributed by atoms with Crippen LogP contribution in [0.5, 0.6) is 0 Å². The van der Waals surface area contributed by atoms with Crippen molar-refractivity contribution >= 4 is 11.3 Å². The molecule has 0 unspecified atom stereocenters. The van der Waals surface area contributed by atoms with Crippen molar-refractivity contribution in [1.29, 1.82) is 0 Å². The third-order valence-electron chi connectivity index (χ3n) is 2.66. The van der Waals surface area contributed by atoms with Crippen LogP contribution in [0.1, 0.15) is 23.5 Å². The van der Waals surface area contributed by atoms with Crippen LogP contribution in [0.2, 0.25) is 0 Å². The van der Waals surface area contributed by atoms with E-state index in [1.807, 2.05) is 0 Å². The van der Waals surface area contributed by atoms with Crippen LogP contribution in [0.15, 0.2) is 5.38 Å². The summed E-state index contributed by atoms with van der Waals surface area (Å²) in [7, 11) is 2.18. The van der Waals surface area contributed by atoms with E-state index in [1.54, 1.807) is 11.3 Å². The minimum atomic E-state index is 0.699. The number of aromatic nitrogens is 1. The highest BCUT2D eigenvalue weighted by Crippen LogP contribution is 2.29. The Labute approximate surface area is 95.3 Å². The molecule has 1 saturated carbocycles. The topological polar surface area (TPSA) is 42.1 Å². The summed E-state index contributed by atoms with van der Waals surface area (Å²) in [6.07, 6.45) is 3.75. The molecule has 0 bridgehead atoms. The molecule has 0 amide bonds. The first kappa shape index (κ1) is 11.0. The largest absolute Gasteiger partial charge is 0.330 e. The normalized spacial score (nSPS) is 16.2. The molecular weight excluding hydrogens is 206 g/mol. The van der Waals surface area contributed by atoms with E-state index in [4.69, 9.17) is 5.73 Å². The van der Waals surface area contributed by atoms with Crippen LogP contribution in [-0.4, -0.2) is 30.0 Å². The highest BCUT2D eigenvalue weighted by atomic mass is 32.1. The van der Waals surface area contributed by atoms with Crippen LogP contribution >= 0.6 is 11.3 Å². The van der Waals surface area contributed by atoms with Crippen molar-refractivity contribution in [2.24, 2.45) is 11.7 Å². The number of nitrogens with two attached hydrogens (primary N) is 1. The molecule has 2 rings (SSSR count).